The van der Waals surface area contributed by atoms with Gasteiger partial charge in [-0.15, -0.1) is 0 Å². The molecule has 1 aromatic rings. The molecule has 17 heavy (non-hydrogen) atoms. The summed E-state index contributed by atoms with van der Waals surface area (Å²) in [6.45, 7) is 5.17. The molecule has 0 unspecified atom stereocenters. The normalized spacial score (nSPS) is 11.9. The van der Waals surface area contributed by atoms with Gasteiger partial charge in [0.05, 0.1) is 13.7 Å². The molecule has 0 saturated carbocycles. The zero-order valence-electron chi connectivity index (χ0n) is 10.6. The quantitative estimate of drug-likeness (QED) is 0.443. The van der Waals surface area contributed by atoms with E-state index in [9.17, 15) is 0 Å². The molecule has 0 radical (unpaired) electrons. The maximum Gasteiger partial charge on any atom is 0.221 e. The van der Waals surface area contributed by atoms with E-state index < -0.39 is 0 Å². The maximum atomic E-state index is 5.54. The van der Waals surface area contributed by atoms with Crippen LogP contribution < -0.4 is 0 Å². The summed E-state index contributed by atoms with van der Waals surface area (Å²) < 4.78 is 14.9. The van der Waals surface area contributed by atoms with Crippen LogP contribution in [-0.4, -0.2) is 24.9 Å². The van der Waals surface area contributed by atoms with Gasteiger partial charge in [0.15, 0.2) is 0 Å². The smallest absolute Gasteiger partial charge is 0.221 e. The van der Waals surface area contributed by atoms with Crippen LogP contribution in [0.4, 0.5) is 0 Å². The fraction of sp³-hybridized carbons (Fsp3) is 0.462. The van der Waals surface area contributed by atoms with E-state index in [2.05, 4.69) is 18.2 Å². The molecular weight excluding hydrogens is 234 g/mol. The molecule has 1 rings (SSSR count). The Labute approximate surface area is 107 Å². The number of hydrogen-bond acceptors (Lipinski definition) is 4. The van der Waals surface area contributed by atoms with Crippen LogP contribution in [0.2, 0.25) is 0 Å². The van der Waals surface area contributed by atoms with Crippen LogP contribution >= 0.6 is 11.9 Å². The fourth-order valence-corrected chi connectivity index (χ4v) is 1.57. The molecule has 0 saturated heterocycles. The van der Waals surface area contributed by atoms with Crippen LogP contribution in [-0.2, 0) is 16.1 Å². The van der Waals surface area contributed by atoms with Gasteiger partial charge in [-0.25, -0.2) is 0 Å². The lowest BCUT2D eigenvalue weighted by atomic mass is 10.2. The molecule has 0 N–H and O–H groups in total. The lowest BCUT2D eigenvalue weighted by molar-refractivity contribution is 0.143. The molecule has 0 amide bonds. The van der Waals surface area contributed by atoms with Crippen molar-refractivity contribution < 1.29 is 9.47 Å². The molecule has 0 aliphatic carbocycles. The average molecular weight is 253 g/mol. The largest absolute Gasteiger partial charge is 0.482 e. The van der Waals surface area contributed by atoms with Crippen molar-refractivity contribution in [2.45, 2.75) is 25.7 Å². The van der Waals surface area contributed by atoms with Gasteiger partial charge < -0.3 is 9.47 Å². The summed E-state index contributed by atoms with van der Waals surface area (Å²) in [5.41, 5.74) is 1.15. The standard InChI is InChI=1S/C13H19NO2S/c1-11(2)17-14-13(15-3)10-16-9-12-7-5-4-6-8-12/h4-8,11H,9-10H2,1-3H3/b14-13+. The minimum Gasteiger partial charge on any atom is -0.482 e. The first-order chi connectivity index (χ1) is 8.22. The van der Waals surface area contributed by atoms with Gasteiger partial charge in [0.25, 0.3) is 0 Å². The fourth-order valence-electron chi connectivity index (χ4n) is 1.12. The van der Waals surface area contributed by atoms with E-state index in [4.69, 9.17) is 9.47 Å². The van der Waals surface area contributed by atoms with Crippen LogP contribution in [0.15, 0.2) is 34.7 Å². The highest BCUT2D eigenvalue weighted by Crippen LogP contribution is 2.11. The monoisotopic (exact) mass is 253 g/mol. The second-order valence-electron chi connectivity index (χ2n) is 3.82. The first-order valence-corrected chi connectivity index (χ1v) is 6.44. The summed E-state index contributed by atoms with van der Waals surface area (Å²) >= 11 is 1.49. The molecule has 0 aliphatic rings. The van der Waals surface area contributed by atoms with Gasteiger partial charge in [0, 0.05) is 5.25 Å². The van der Waals surface area contributed by atoms with Crippen molar-refractivity contribution in [1.82, 2.24) is 0 Å². The highest BCUT2D eigenvalue weighted by atomic mass is 32.2. The second-order valence-corrected chi connectivity index (χ2v) is 5.16. The van der Waals surface area contributed by atoms with Crippen molar-refractivity contribution in [2.75, 3.05) is 13.7 Å². The van der Waals surface area contributed by atoms with Gasteiger partial charge in [0.2, 0.25) is 5.90 Å². The maximum absolute atomic E-state index is 5.54. The summed E-state index contributed by atoms with van der Waals surface area (Å²) in [5.74, 6) is 0.625. The zero-order valence-corrected chi connectivity index (χ0v) is 11.4. The second kappa shape index (κ2) is 8.14. The molecule has 0 bridgehead atoms. The number of ether oxygens (including phenoxy) is 2. The van der Waals surface area contributed by atoms with E-state index >= 15 is 0 Å². The van der Waals surface area contributed by atoms with Crippen LogP contribution in [0.5, 0.6) is 0 Å². The lowest BCUT2D eigenvalue weighted by Gasteiger charge is -2.07. The Morgan fingerprint density at radius 3 is 2.59 bits per heavy atom. The van der Waals surface area contributed by atoms with E-state index in [0.29, 0.717) is 24.4 Å². The molecule has 0 atom stereocenters. The van der Waals surface area contributed by atoms with Gasteiger partial charge in [0.1, 0.15) is 6.61 Å². The lowest BCUT2D eigenvalue weighted by Crippen LogP contribution is -2.10. The molecule has 0 aliphatic heterocycles. The Hall–Kier alpha value is -1.000. The molecule has 0 fully saturated rings. The minimum absolute atomic E-state index is 0.408. The first kappa shape index (κ1) is 14.1. The highest BCUT2D eigenvalue weighted by molar-refractivity contribution is 7.98. The number of benzene rings is 1. The molecule has 3 nitrogen and oxygen atoms in total. The first-order valence-electron chi connectivity index (χ1n) is 5.60. The molecule has 0 spiro atoms. The Balaban J connectivity index is 2.31. The number of nitrogens with zero attached hydrogens (tertiary/aromatic N) is 1. The van der Waals surface area contributed by atoms with Crippen molar-refractivity contribution in [3.63, 3.8) is 0 Å². The number of rotatable bonds is 6. The molecule has 4 heteroatoms. The van der Waals surface area contributed by atoms with Crippen LogP contribution in [0.3, 0.4) is 0 Å². The summed E-state index contributed by atoms with van der Waals surface area (Å²) in [4.78, 5) is 0. The van der Waals surface area contributed by atoms with Crippen LogP contribution in [0.1, 0.15) is 19.4 Å². The van der Waals surface area contributed by atoms with Gasteiger partial charge >= 0.3 is 0 Å². The summed E-state index contributed by atoms with van der Waals surface area (Å²) in [5, 5.41) is 0.453. The average Bonchev–Trinajstić information content (AvgIpc) is 2.34. The summed E-state index contributed by atoms with van der Waals surface area (Å²) in [7, 11) is 1.62. The van der Waals surface area contributed by atoms with Crippen molar-refractivity contribution in [3.8, 4) is 0 Å². The molecule has 1 aromatic carbocycles. The van der Waals surface area contributed by atoms with E-state index in [1.165, 1.54) is 11.9 Å². The van der Waals surface area contributed by atoms with Gasteiger partial charge in [-0.05, 0) is 17.5 Å². The van der Waals surface area contributed by atoms with Crippen molar-refractivity contribution in [1.29, 1.82) is 0 Å². The SMILES string of the molecule is CO/C(COCc1ccccc1)=N/SC(C)C. The van der Waals surface area contributed by atoms with E-state index in [0.717, 1.165) is 5.56 Å². The molecule has 0 heterocycles. The summed E-state index contributed by atoms with van der Waals surface area (Å²) in [6.07, 6.45) is 0. The highest BCUT2D eigenvalue weighted by Gasteiger charge is 2.01. The Morgan fingerprint density at radius 2 is 2.00 bits per heavy atom. The van der Waals surface area contributed by atoms with E-state index in [1.54, 1.807) is 7.11 Å². The third kappa shape index (κ3) is 6.34. The number of methoxy groups -OCH3 is 1. The molecular formula is C13H19NO2S. The topological polar surface area (TPSA) is 30.8 Å². The van der Waals surface area contributed by atoms with Gasteiger partial charge in [-0.3, -0.25) is 0 Å². The minimum atomic E-state index is 0.408. The predicted octanol–water partition coefficient (Wildman–Crippen LogP) is 3.30. The predicted molar refractivity (Wildman–Crippen MR) is 73.3 cm³/mol. The van der Waals surface area contributed by atoms with Crippen molar-refractivity contribution >= 4 is 17.8 Å². The third-order valence-corrected chi connectivity index (χ3v) is 2.67. The van der Waals surface area contributed by atoms with Gasteiger partial charge in [-0.1, -0.05) is 44.2 Å². The zero-order chi connectivity index (χ0) is 12.5. The summed E-state index contributed by atoms with van der Waals surface area (Å²) in [6, 6.07) is 10.1. The molecule has 0 aromatic heterocycles. The molecule has 94 valence electrons. The van der Waals surface area contributed by atoms with Crippen molar-refractivity contribution in [2.24, 2.45) is 4.40 Å². The van der Waals surface area contributed by atoms with E-state index in [-0.39, 0.29) is 0 Å². The van der Waals surface area contributed by atoms with Crippen molar-refractivity contribution in [3.05, 3.63) is 35.9 Å². The van der Waals surface area contributed by atoms with Gasteiger partial charge in [-0.2, -0.15) is 4.40 Å². The van der Waals surface area contributed by atoms with Crippen LogP contribution in [0, 0.1) is 0 Å². The van der Waals surface area contributed by atoms with Crippen LogP contribution in [0.25, 0.3) is 0 Å². The van der Waals surface area contributed by atoms with E-state index in [1.807, 2.05) is 30.3 Å². The Bertz CT molecular complexity index is 339. The Morgan fingerprint density at radius 1 is 1.29 bits per heavy atom. The third-order valence-electron chi connectivity index (χ3n) is 1.94. The Kier molecular flexibility index (Phi) is 6.74. The number of hydrogen-bond donors (Lipinski definition) is 0.